The number of aryl methyl sites for hydroxylation is 1. The summed E-state index contributed by atoms with van der Waals surface area (Å²) in [6.07, 6.45) is 0.656. The third-order valence-corrected chi connectivity index (χ3v) is 5.05. The second kappa shape index (κ2) is 10.3. The number of likely N-dealkylation sites (N-methyl/N-ethyl adjacent to an activating group) is 1. The van der Waals surface area contributed by atoms with Crippen LogP contribution >= 0.6 is 0 Å². The minimum absolute atomic E-state index is 0.0139. The highest BCUT2D eigenvalue weighted by Gasteiger charge is 2.20. The number of rotatable bonds is 10. The van der Waals surface area contributed by atoms with Crippen molar-refractivity contribution in [1.82, 2.24) is 15.1 Å². The van der Waals surface area contributed by atoms with E-state index in [4.69, 9.17) is 4.42 Å². The fourth-order valence-electron chi connectivity index (χ4n) is 3.13. The minimum atomic E-state index is -1.16. The summed E-state index contributed by atoms with van der Waals surface area (Å²) < 4.78 is 48.5. The molecule has 0 amide bonds. The Balaban J connectivity index is 1.84. The molecule has 31 heavy (non-hydrogen) atoms. The first-order chi connectivity index (χ1) is 15.0. The van der Waals surface area contributed by atoms with Gasteiger partial charge in [0.2, 0.25) is 0 Å². The SMILES string of the molecule is CCc1ccc(Nc2c(-c3nnc(NCCN(CC)CC)o3)ccc(F)c2F)c(F)c1. The molecule has 0 aliphatic carbocycles. The normalized spacial score (nSPS) is 11.2. The average Bonchev–Trinajstić information content (AvgIpc) is 3.24. The van der Waals surface area contributed by atoms with Crippen molar-refractivity contribution in [2.24, 2.45) is 0 Å². The number of halogens is 3. The molecule has 0 fully saturated rings. The average molecular weight is 433 g/mol. The van der Waals surface area contributed by atoms with Crippen LogP contribution in [-0.4, -0.2) is 41.3 Å². The van der Waals surface area contributed by atoms with Gasteiger partial charge >= 0.3 is 6.01 Å². The predicted molar refractivity (Wildman–Crippen MR) is 115 cm³/mol. The molecule has 0 aliphatic rings. The second-order valence-electron chi connectivity index (χ2n) is 6.94. The molecule has 3 rings (SSSR count). The highest BCUT2D eigenvalue weighted by atomic mass is 19.2. The molecule has 6 nitrogen and oxygen atoms in total. The Kier molecular flexibility index (Phi) is 7.51. The van der Waals surface area contributed by atoms with Gasteiger partial charge in [0.05, 0.1) is 16.9 Å². The molecular formula is C22H26F3N5O. The molecule has 9 heteroatoms. The van der Waals surface area contributed by atoms with Crippen LogP contribution < -0.4 is 10.6 Å². The highest BCUT2D eigenvalue weighted by Crippen LogP contribution is 2.34. The quantitative estimate of drug-likeness (QED) is 0.457. The van der Waals surface area contributed by atoms with E-state index in [1.807, 2.05) is 6.92 Å². The highest BCUT2D eigenvalue weighted by molar-refractivity contribution is 5.78. The summed E-state index contributed by atoms with van der Waals surface area (Å²) in [6.45, 7) is 9.27. The van der Waals surface area contributed by atoms with Gasteiger partial charge in [0.15, 0.2) is 11.6 Å². The van der Waals surface area contributed by atoms with E-state index in [0.717, 1.165) is 31.3 Å². The van der Waals surface area contributed by atoms with Crippen LogP contribution in [0, 0.1) is 17.5 Å². The van der Waals surface area contributed by atoms with Crippen molar-refractivity contribution < 1.29 is 17.6 Å². The standard InChI is InChI=1S/C22H26F3N5O/c1-4-14-7-10-18(17(24)13-14)27-20-15(8-9-16(23)19(20)25)21-28-29-22(31-21)26-11-12-30(5-2)6-3/h7-10,13,27H,4-6,11-12H2,1-3H3,(H,26,29). The van der Waals surface area contributed by atoms with E-state index in [2.05, 4.69) is 39.6 Å². The van der Waals surface area contributed by atoms with Gasteiger partial charge in [0, 0.05) is 13.1 Å². The molecule has 166 valence electrons. The Morgan fingerprint density at radius 3 is 2.42 bits per heavy atom. The Morgan fingerprint density at radius 2 is 1.74 bits per heavy atom. The van der Waals surface area contributed by atoms with E-state index < -0.39 is 17.5 Å². The van der Waals surface area contributed by atoms with E-state index in [-0.39, 0.29) is 28.8 Å². The Morgan fingerprint density at radius 1 is 0.968 bits per heavy atom. The van der Waals surface area contributed by atoms with Crippen LogP contribution in [0.2, 0.25) is 0 Å². The molecule has 0 bridgehead atoms. The number of nitrogens with zero attached hydrogens (tertiary/aromatic N) is 3. The monoisotopic (exact) mass is 433 g/mol. The van der Waals surface area contributed by atoms with E-state index in [0.29, 0.717) is 13.0 Å². The lowest BCUT2D eigenvalue weighted by molar-refractivity contribution is 0.315. The summed E-state index contributed by atoms with van der Waals surface area (Å²) in [7, 11) is 0. The molecule has 0 aliphatic heterocycles. The lowest BCUT2D eigenvalue weighted by Crippen LogP contribution is -2.28. The summed E-state index contributed by atoms with van der Waals surface area (Å²) in [6, 6.07) is 6.99. The fourth-order valence-corrected chi connectivity index (χ4v) is 3.13. The molecule has 2 N–H and O–H groups in total. The van der Waals surface area contributed by atoms with Crippen molar-refractivity contribution in [3.8, 4) is 11.5 Å². The number of benzene rings is 2. The number of aromatic nitrogens is 2. The Bertz CT molecular complexity index is 1020. The van der Waals surface area contributed by atoms with Crippen LogP contribution in [-0.2, 0) is 6.42 Å². The molecule has 0 spiro atoms. The van der Waals surface area contributed by atoms with Gasteiger partial charge in [-0.05, 0) is 49.3 Å². The van der Waals surface area contributed by atoms with Crippen molar-refractivity contribution >= 4 is 17.4 Å². The molecule has 0 saturated heterocycles. The molecule has 3 aromatic rings. The number of nitrogens with one attached hydrogen (secondary N) is 2. The van der Waals surface area contributed by atoms with Crippen molar-refractivity contribution in [2.75, 3.05) is 36.8 Å². The van der Waals surface area contributed by atoms with Gasteiger partial charge in [0.25, 0.3) is 5.89 Å². The van der Waals surface area contributed by atoms with Crippen LogP contribution in [0.3, 0.4) is 0 Å². The van der Waals surface area contributed by atoms with E-state index in [1.165, 1.54) is 18.2 Å². The van der Waals surface area contributed by atoms with Crippen LogP contribution in [0.1, 0.15) is 26.3 Å². The lowest BCUT2D eigenvalue weighted by Gasteiger charge is -2.17. The van der Waals surface area contributed by atoms with Gasteiger partial charge < -0.3 is 20.0 Å². The van der Waals surface area contributed by atoms with Gasteiger partial charge in [0.1, 0.15) is 5.82 Å². The lowest BCUT2D eigenvalue weighted by atomic mass is 10.1. The molecule has 0 unspecified atom stereocenters. The van der Waals surface area contributed by atoms with Crippen LogP contribution in [0.25, 0.3) is 11.5 Å². The Labute approximate surface area is 179 Å². The number of anilines is 3. The summed E-state index contributed by atoms with van der Waals surface area (Å²) in [5, 5.41) is 13.5. The Hall–Kier alpha value is -3.07. The second-order valence-corrected chi connectivity index (χ2v) is 6.94. The maximum atomic E-state index is 14.6. The van der Waals surface area contributed by atoms with Gasteiger partial charge in [-0.15, -0.1) is 5.10 Å². The zero-order chi connectivity index (χ0) is 22.4. The van der Waals surface area contributed by atoms with Crippen LogP contribution in [0.4, 0.5) is 30.6 Å². The first-order valence-corrected chi connectivity index (χ1v) is 10.3. The van der Waals surface area contributed by atoms with Crippen LogP contribution in [0.5, 0.6) is 0 Å². The van der Waals surface area contributed by atoms with Crippen LogP contribution in [0.15, 0.2) is 34.7 Å². The zero-order valence-corrected chi connectivity index (χ0v) is 17.8. The van der Waals surface area contributed by atoms with Crippen molar-refractivity contribution in [1.29, 1.82) is 0 Å². The zero-order valence-electron chi connectivity index (χ0n) is 17.8. The maximum absolute atomic E-state index is 14.6. The van der Waals surface area contributed by atoms with E-state index >= 15 is 0 Å². The third kappa shape index (κ3) is 5.35. The maximum Gasteiger partial charge on any atom is 0.315 e. The molecule has 1 heterocycles. The van der Waals surface area contributed by atoms with Gasteiger partial charge in [-0.1, -0.05) is 31.9 Å². The third-order valence-electron chi connectivity index (χ3n) is 5.05. The van der Waals surface area contributed by atoms with Gasteiger partial charge in [-0.25, -0.2) is 13.2 Å². The van der Waals surface area contributed by atoms with E-state index in [9.17, 15) is 13.2 Å². The van der Waals surface area contributed by atoms with Gasteiger partial charge in [-0.3, -0.25) is 0 Å². The molecule has 0 atom stereocenters. The fraction of sp³-hybridized carbons (Fsp3) is 0.364. The first kappa shape index (κ1) is 22.6. The van der Waals surface area contributed by atoms with Crippen molar-refractivity contribution in [3.05, 3.63) is 53.3 Å². The number of hydrogen-bond acceptors (Lipinski definition) is 6. The topological polar surface area (TPSA) is 66.2 Å². The minimum Gasteiger partial charge on any atom is -0.403 e. The largest absolute Gasteiger partial charge is 0.403 e. The van der Waals surface area contributed by atoms with Crippen molar-refractivity contribution in [2.45, 2.75) is 27.2 Å². The summed E-state index contributed by atoms with van der Waals surface area (Å²) in [5.74, 6) is -2.82. The van der Waals surface area contributed by atoms with E-state index in [1.54, 1.807) is 6.07 Å². The molecule has 1 aromatic heterocycles. The predicted octanol–water partition coefficient (Wildman–Crippen LogP) is 5.21. The molecule has 2 aromatic carbocycles. The van der Waals surface area contributed by atoms with Gasteiger partial charge in [-0.2, -0.15) is 0 Å². The smallest absolute Gasteiger partial charge is 0.315 e. The molecular weight excluding hydrogens is 407 g/mol. The molecule has 0 radical (unpaired) electrons. The first-order valence-electron chi connectivity index (χ1n) is 10.3. The summed E-state index contributed by atoms with van der Waals surface area (Å²) >= 11 is 0. The molecule has 0 saturated carbocycles. The summed E-state index contributed by atoms with van der Waals surface area (Å²) in [5.41, 5.74) is 0.656. The van der Waals surface area contributed by atoms with Crippen molar-refractivity contribution in [3.63, 3.8) is 0 Å². The summed E-state index contributed by atoms with van der Waals surface area (Å²) in [4.78, 5) is 2.22. The number of hydrogen-bond donors (Lipinski definition) is 2.